The van der Waals surface area contributed by atoms with Crippen LogP contribution in [0.4, 0.5) is 5.82 Å². The fourth-order valence-electron chi connectivity index (χ4n) is 4.75. The molecule has 1 aliphatic heterocycles. The lowest BCUT2D eigenvalue weighted by Gasteiger charge is -2.34. The van der Waals surface area contributed by atoms with Crippen molar-refractivity contribution in [2.75, 3.05) is 18.8 Å². The molecule has 0 saturated carbocycles. The molecule has 2 N–H and O–H groups in total. The average Bonchev–Trinajstić information content (AvgIpc) is 3.62. The van der Waals surface area contributed by atoms with Crippen molar-refractivity contribution in [1.29, 1.82) is 0 Å². The highest BCUT2D eigenvalue weighted by Gasteiger charge is 2.30. The van der Waals surface area contributed by atoms with Gasteiger partial charge in [0.25, 0.3) is 5.91 Å². The Balaban J connectivity index is 1.28. The molecule has 1 aliphatic rings. The molecule has 0 aliphatic carbocycles. The monoisotopic (exact) mass is 577 g/mol. The summed E-state index contributed by atoms with van der Waals surface area (Å²) >= 11 is 3.83. The van der Waals surface area contributed by atoms with Gasteiger partial charge in [-0.25, -0.2) is 4.68 Å². The van der Waals surface area contributed by atoms with Gasteiger partial charge in [0.2, 0.25) is 0 Å². The second-order valence-corrected chi connectivity index (χ2v) is 10.8. The Labute approximate surface area is 227 Å². The maximum absolute atomic E-state index is 12.6. The molecule has 2 atom stereocenters. The van der Waals surface area contributed by atoms with E-state index >= 15 is 0 Å². The number of piperidine rings is 1. The zero-order valence-corrected chi connectivity index (χ0v) is 23.3. The van der Waals surface area contributed by atoms with Crippen molar-refractivity contribution in [2.45, 2.75) is 25.4 Å². The third-order valence-electron chi connectivity index (χ3n) is 6.97. The van der Waals surface area contributed by atoms with Gasteiger partial charge < -0.3 is 15.1 Å². The molecule has 5 rings (SSSR count). The molecule has 3 aromatic heterocycles. The van der Waals surface area contributed by atoms with Crippen molar-refractivity contribution < 1.29 is 9.21 Å². The molecule has 4 heterocycles. The number of rotatable bonds is 6. The van der Waals surface area contributed by atoms with Crippen molar-refractivity contribution in [3.05, 3.63) is 83.5 Å². The minimum absolute atomic E-state index is 0.0438. The smallest absolute Gasteiger partial charge is 0.289 e. The number of likely N-dealkylation sites (tertiary alicyclic amines) is 1. The fraction of sp³-hybridized carbons (Fsp3) is 0.250. The molecule has 1 aromatic carbocycles. The summed E-state index contributed by atoms with van der Waals surface area (Å²) in [4.78, 5) is 19.1. The summed E-state index contributed by atoms with van der Waals surface area (Å²) < 4.78 is 8.09. The number of pyridine rings is 1. The first-order valence-corrected chi connectivity index (χ1v) is 13.7. The quantitative estimate of drug-likeness (QED) is 0.277. The first-order chi connectivity index (χ1) is 17.9. The first-order valence-electron chi connectivity index (χ1n) is 12.2. The summed E-state index contributed by atoms with van der Waals surface area (Å²) in [6.07, 6.45) is 6.97. The van der Waals surface area contributed by atoms with Crippen molar-refractivity contribution in [3.63, 3.8) is 0 Å². The summed E-state index contributed by atoms with van der Waals surface area (Å²) in [5.74, 6) is 1.33. The summed E-state index contributed by atoms with van der Waals surface area (Å²) in [7, 11) is 2.96. The van der Waals surface area contributed by atoms with Crippen LogP contribution in [0.2, 0.25) is 0 Å². The van der Waals surface area contributed by atoms with Gasteiger partial charge in [-0.1, -0.05) is 52.3 Å². The first kappa shape index (κ1) is 25.4. The third kappa shape index (κ3) is 5.27. The van der Waals surface area contributed by atoms with E-state index in [0.717, 1.165) is 45.4 Å². The standard InChI is InChI=1S/C28H29BrN5O2P/c1-18(25(29)26(37)20-11-13-33(14-12-20)28(35)24-8-5-15-36-24)34-27(30)22(17-32-34)21-9-10-23(31-16-21)19-6-3-2-4-7-19/h2-10,15-17,20,26H,11-14,30,37H2,1H3. The zero-order chi connectivity index (χ0) is 25.9. The molecular weight excluding hydrogens is 549 g/mol. The summed E-state index contributed by atoms with van der Waals surface area (Å²) in [5.41, 5.74) is 11.4. The molecule has 1 amide bonds. The summed E-state index contributed by atoms with van der Waals surface area (Å²) in [6, 6.07) is 17.6. The number of anilines is 1. The Morgan fingerprint density at radius 3 is 2.49 bits per heavy atom. The van der Waals surface area contributed by atoms with Gasteiger partial charge in [-0.15, -0.1) is 9.24 Å². The molecule has 9 heteroatoms. The van der Waals surface area contributed by atoms with Crippen LogP contribution in [-0.4, -0.2) is 44.3 Å². The van der Waals surface area contributed by atoms with E-state index in [1.807, 2.05) is 60.5 Å². The number of amides is 1. The second-order valence-electron chi connectivity index (χ2n) is 9.22. The number of allylic oxidation sites excluding steroid dienone is 2. The van der Waals surface area contributed by atoms with Crippen LogP contribution in [0, 0.1) is 5.92 Å². The molecule has 4 aromatic rings. The van der Waals surface area contributed by atoms with Crippen LogP contribution < -0.4 is 5.73 Å². The van der Waals surface area contributed by atoms with Gasteiger partial charge in [0.15, 0.2) is 5.76 Å². The van der Waals surface area contributed by atoms with Gasteiger partial charge >= 0.3 is 0 Å². The van der Waals surface area contributed by atoms with Gasteiger partial charge in [-0.05, 0) is 43.9 Å². The van der Waals surface area contributed by atoms with E-state index in [1.54, 1.807) is 23.0 Å². The van der Waals surface area contributed by atoms with Gasteiger partial charge in [0.1, 0.15) is 5.82 Å². The highest BCUT2D eigenvalue weighted by Crippen LogP contribution is 2.37. The number of nitrogens with two attached hydrogens (primary N) is 1. The average molecular weight is 578 g/mol. The maximum Gasteiger partial charge on any atom is 0.289 e. The van der Waals surface area contributed by atoms with Crippen LogP contribution in [0.5, 0.6) is 0 Å². The van der Waals surface area contributed by atoms with Crippen LogP contribution in [-0.2, 0) is 0 Å². The molecule has 7 nitrogen and oxygen atoms in total. The molecule has 0 radical (unpaired) electrons. The number of carbonyl (C=O) groups is 1. The van der Waals surface area contributed by atoms with E-state index in [-0.39, 0.29) is 11.6 Å². The lowest BCUT2D eigenvalue weighted by atomic mass is 9.92. The number of benzene rings is 1. The molecule has 0 bridgehead atoms. The van der Waals surface area contributed by atoms with Crippen molar-refractivity contribution in [3.8, 4) is 22.4 Å². The Kier molecular flexibility index (Phi) is 7.58. The predicted octanol–water partition coefficient (Wildman–Crippen LogP) is 6.17. The molecule has 37 heavy (non-hydrogen) atoms. The largest absolute Gasteiger partial charge is 0.459 e. The van der Waals surface area contributed by atoms with E-state index in [4.69, 9.17) is 10.2 Å². The molecule has 1 saturated heterocycles. The summed E-state index contributed by atoms with van der Waals surface area (Å²) in [5, 5.41) is 4.59. The zero-order valence-electron chi connectivity index (χ0n) is 20.5. The number of carbonyl (C=O) groups excluding carboxylic acids is 1. The number of halogens is 1. The fourth-order valence-corrected chi connectivity index (χ4v) is 5.92. The van der Waals surface area contributed by atoms with Gasteiger partial charge in [-0.2, -0.15) is 5.10 Å². The van der Waals surface area contributed by atoms with Gasteiger partial charge in [0.05, 0.1) is 23.9 Å². The third-order valence-corrected chi connectivity index (χ3v) is 9.44. The number of aromatic nitrogens is 3. The second kappa shape index (κ2) is 11.0. The van der Waals surface area contributed by atoms with E-state index in [2.05, 4.69) is 35.3 Å². The Morgan fingerprint density at radius 1 is 1.08 bits per heavy atom. The van der Waals surface area contributed by atoms with Crippen LogP contribution in [0.3, 0.4) is 0 Å². The molecule has 1 fully saturated rings. The maximum atomic E-state index is 12.6. The molecule has 0 spiro atoms. The number of furan rings is 1. The van der Waals surface area contributed by atoms with E-state index in [0.29, 0.717) is 30.6 Å². The van der Waals surface area contributed by atoms with Crippen LogP contribution >= 0.6 is 25.2 Å². The summed E-state index contributed by atoms with van der Waals surface area (Å²) in [6.45, 7) is 3.42. The topological polar surface area (TPSA) is 90.2 Å². The van der Waals surface area contributed by atoms with Crippen molar-refractivity contribution >= 4 is 42.6 Å². The highest BCUT2D eigenvalue weighted by molar-refractivity contribution is 9.12. The van der Waals surface area contributed by atoms with Crippen molar-refractivity contribution in [1.82, 2.24) is 19.7 Å². The number of nitrogen functional groups attached to an aromatic ring is 1. The Hall–Kier alpha value is -3.22. The normalized spacial score (nSPS) is 15.9. The van der Waals surface area contributed by atoms with Gasteiger partial charge in [0, 0.05) is 46.1 Å². The SMILES string of the molecule is CC(=C(Br)C(P)C1CCN(C(=O)c2ccco2)CC1)n1ncc(-c2ccc(-c3ccccc3)nc2)c1N. The number of hydrogen-bond donors (Lipinski definition) is 1. The van der Waals surface area contributed by atoms with Crippen LogP contribution in [0.15, 0.2) is 82.2 Å². The van der Waals surface area contributed by atoms with E-state index in [9.17, 15) is 4.79 Å². The van der Waals surface area contributed by atoms with Crippen molar-refractivity contribution in [2.24, 2.45) is 5.92 Å². The lowest BCUT2D eigenvalue weighted by molar-refractivity contribution is 0.0661. The number of nitrogens with zero attached hydrogens (tertiary/aromatic N) is 4. The molecular formula is C28H29BrN5O2P. The minimum Gasteiger partial charge on any atom is -0.459 e. The highest BCUT2D eigenvalue weighted by atomic mass is 79.9. The van der Waals surface area contributed by atoms with E-state index < -0.39 is 0 Å². The van der Waals surface area contributed by atoms with Crippen LogP contribution in [0.25, 0.3) is 28.1 Å². The predicted molar refractivity (Wildman–Crippen MR) is 154 cm³/mol. The van der Waals surface area contributed by atoms with E-state index in [1.165, 1.54) is 6.26 Å². The molecule has 190 valence electrons. The van der Waals surface area contributed by atoms with Gasteiger partial charge in [-0.3, -0.25) is 9.78 Å². The Morgan fingerprint density at radius 2 is 1.84 bits per heavy atom. The Bertz CT molecular complexity index is 1390. The number of hydrogen-bond acceptors (Lipinski definition) is 5. The minimum atomic E-state index is -0.0438. The molecule has 2 unspecified atom stereocenters. The van der Waals surface area contributed by atoms with Crippen LogP contribution in [0.1, 0.15) is 30.3 Å². The lowest BCUT2D eigenvalue weighted by Crippen LogP contribution is -2.40.